The van der Waals surface area contributed by atoms with Crippen LogP contribution in [0.4, 0.5) is 0 Å². The van der Waals surface area contributed by atoms with Crippen molar-refractivity contribution >= 4 is 35.9 Å². The van der Waals surface area contributed by atoms with Gasteiger partial charge in [-0.15, -0.1) is 24.0 Å². The number of hydrogen-bond donors (Lipinski definition) is 4. The van der Waals surface area contributed by atoms with E-state index in [0.29, 0.717) is 0 Å². The van der Waals surface area contributed by atoms with Crippen LogP contribution in [0.3, 0.4) is 0 Å². The molecule has 0 aromatic carbocycles. The molecule has 0 fully saturated rings. The summed E-state index contributed by atoms with van der Waals surface area (Å²) in [6.07, 6.45) is -4.53. The lowest BCUT2D eigenvalue weighted by atomic mass is 10.2. The lowest BCUT2D eigenvalue weighted by molar-refractivity contribution is -0.165. The van der Waals surface area contributed by atoms with Crippen LogP contribution in [0.1, 0.15) is 0 Å². The van der Waals surface area contributed by atoms with Gasteiger partial charge in [0.15, 0.2) is 12.2 Å². The van der Waals surface area contributed by atoms with E-state index in [2.05, 4.69) is 0 Å². The standard InChI is InChI=1S/C4H6O6.HI.6H2O/c5-1(3(7)8)2(6)4(9)10;;;;;;;/h1-2,5-6H,(H,7,8)(H,9,10);1H;6*1H2. The first-order valence-corrected chi connectivity index (χ1v) is 2.28. The molecule has 12 nitrogen and oxygen atoms in total. The Kier molecular flexibility index (Phi) is 79.8. The van der Waals surface area contributed by atoms with Gasteiger partial charge in [-0.2, -0.15) is 0 Å². The van der Waals surface area contributed by atoms with Gasteiger partial charge in [0, 0.05) is 0 Å². The highest BCUT2D eigenvalue weighted by Crippen LogP contribution is 1.92. The van der Waals surface area contributed by atoms with Crippen LogP contribution in [0.15, 0.2) is 0 Å². The van der Waals surface area contributed by atoms with Crippen LogP contribution in [0.25, 0.3) is 0 Å². The molecule has 17 heavy (non-hydrogen) atoms. The zero-order valence-corrected chi connectivity index (χ0v) is 10.5. The highest BCUT2D eigenvalue weighted by Gasteiger charge is 2.29. The fourth-order valence-electron chi connectivity index (χ4n) is 0.270. The maximum absolute atomic E-state index is 9.77. The third kappa shape index (κ3) is 21.2. The van der Waals surface area contributed by atoms with E-state index in [1.54, 1.807) is 0 Å². The SMILES string of the molecule is I.O.O.O.O.O.O.O=C(O)C(O)C(O)C(=O)O. The normalized spacial score (nSPS) is 9.29. The van der Waals surface area contributed by atoms with Gasteiger partial charge >= 0.3 is 11.9 Å². The van der Waals surface area contributed by atoms with Crippen molar-refractivity contribution in [3.8, 4) is 0 Å². The van der Waals surface area contributed by atoms with E-state index < -0.39 is 24.1 Å². The maximum Gasteiger partial charge on any atom is 0.335 e. The number of hydrogen-bond acceptors (Lipinski definition) is 4. The van der Waals surface area contributed by atoms with Crippen molar-refractivity contribution in [3.05, 3.63) is 0 Å². The summed E-state index contributed by atoms with van der Waals surface area (Å²) in [7, 11) is 0. The van der Waals surface area contributed by atoms with E-state index in [4.69, 9.17) is 20.4 Å². The molecule has 0 aromatic heterocycles. The molecule has 13 heteroatoms. The number of aliphatic carboxylic acids is 2. The van der Waals surface area contributed by atoms with E-state index in [9.17, 15) is 9.59 Å². The van der Waals surface area contributed by atoms with Gasteiger partial charge in [0.05, 0.1) is 0 Å². The summed E-state index contributed by atoms with van der Waals surface area (Å²) >= 11 is 0. The van der Waals surface area contributed by atoms with Gasteiger partial charge < -0.3 is 53.3 Å². The minimum atomic E-state index is -2.27. The average Bonchev–Trinajstić information content (AvgIpc) is 1.84. The van der Waals surface area contributed by atoms with E-state index >= 15 is 0 Å². The summed E-state index contributed by atoms with van der Waals surface area (Å²) in [6.45, 7) is 0. The minimum Gasteiger partial charge on any atom is -0.479 e. The van der Waals surface area contributed by atoms with Crippen LogP contribution in [0, 0.1) is 0 Å². The summed E-state index contributed by atoms with van der Waals surface area (Å²) < 4.78 is 0. The first kappa shape index (κ1) is 55.3. The molecule has 0 aromatic rings. The molecule has 16 N–H and O–H groups in total. The summed E-state index contributed by atoms with van der Waals surface area (Å²) in [6, 6.07) is 0. The van der Waals surface area contributed by atoms with Gasteiger partial charge in [-0.1, -0.05) is 0 Å². The van der Waals surface area contributed by atoms with Crippen molar-refractivity contribution in [3.63, 3.8) is 0 Å². The monoisotopic (exact) mass is 386 g/mol. The second-order valence-electron chi connectivity index (χ2n) is 1.57. The van der Waals surface area contributed by atoms with E-state index in [-0.39, 0.29) is 56.8 Å². The number of rotatable bonds is 3. The molecular formula is C4H19IO12. The van der Waals surface area contributed by atoms with Gasteiger partial charge in [-0.25, -0.2) is 9.59 Å². The fourth-order valence-corrected chi connectivity index (χ4v) is 0.270. The van der Waals surface area contributed by atoms with E-state index in [1.807, 2.05) is 0 Å². The number of carboxylic acid groups (broad SMARTS) is 2. The van der Waals surface area contributed by atoms with Gasteiger partial charge in [0.2, 0.25) is 0 Å². The van der Waals surface area contributed by atoms with Crippen LogP contribution in [-0.2, 0) is 9.59 Å². The average molecular weight is 386 g/mol. The van der Waals surface area contributed by atoms with Gasteiger partial charge in [0.1, 0.15) is 0 Å². The fraction of sp³-hybridized carbons (Fsp3) is 0.500. The van der Waals surface area contributed by atoms with Crippen LogP contribution in [0.2, 0.25) is 0 Å². The Balaban J connectivity index is -0.0000000193. The second kappa shape index (κ2) is 24.5. The van der Waals surface area contributed by atoms with E-state index in [1.165, 1.54) is 0 Å². The van der Waals surface area contributed by atoms with E-state index in [0.717, 1.165) is 0 Å². The number of carbonyl (C=O) groups is 2. The molecule has 0 aliphatic rings. The molecule has 0 saturated heterocycles. The predicted molar refractivity (Wildman–Crippen MR) is 64.4 cm³/mol. The molecule has 114 valence electrons. The predicted octanol–water partition coefficient (Wildman–Crippen LogP) is -6.45. The van der Waals surface area contributed by atoms with Gasteiger partial charge in [-0.3, -0.25) is 0 Å². The topological polar surface area (TPSA) is 304 Å². The van der Waals surface area contributed by atoms with Crippen molar-refractivity contribution in [2.24, 2.45) is 0 Å². The smallest absolute Gasteiger partial charge is 0.335 e. The number of aliphatic hydroxyl groups excluding tert-OH is 2. The minimum absolute atomic E-state index is 0. The van der Waals surface area contributed by atoms with Crippen LogP contribution in [-0.4, -0.2) is 77.4 Å². The highest BCUT2D eigenvalue weighted by atomic mass is 127. The molecule has 0 aliphatic heterocycles. The van der Waals surface area contributed by atoms with Crippen LogP contribution < -0.4 is 0 Å². The zero-order chi connectivity index (χ0) is 8.31. The highest BCUT2D eigenvalue weighted by molar-refractivity contribution is 14.0. The molecule has 0 rings (SSSR count). The maximum atomic E-state index is 9.77. The summed E-state index contributed by atoms with van der Waals surface area (Å²) in [5.41, 5.74) is 0. The second-order valence-corrected chi connectivity index (χ2v) is 1.57. The Morgan fingerprint density at radius 1 is 0.647 bits per heavy atom. The molecule has 0 aliphatic carbocycles. The van der Waals surface area contributed by atoms with Crippen molar-refractivity contribution < 1.29 is 62.9 Å². The van der Waals surface area contributed by atoms with Crippen molar-refractivity contribution in [1.82, 2.24) is 0 Å². The zero-order valence-electron chi connectivity index (χ0n) is 8.17. The molecule has 2 atom stereocenters. The van der Waals surface area contributed by atoms with Gasteiger partial charge in [-0.05, 0) is 0 Å². The van der Waals surface area contributed by atoms with Crippen molar-refractivity contribution in [2.75, 3.05) is 0 Å². The Hall–Kier alpha value is -0.650. The Morgan fingerprint density at radius 2 is 0.765 bits per heavy atom. The quantitative estimate of drug-likeness (QED) is 0.341. The number of carboxylic acids is 2. The molecule has 0 spiro atoms. The number of aliphatic hydroxyl groups is 2. The van der Waals surface area contributed by atoms with Crippen LogP contribution in [0.5, 0.6) is 0 Å². The molecular weight excluding hydrogens is 367 g/mol. The number of halogens is 1. The molecule has 2 unspecified atom stereocenters. The largest absolute Gasteiger partial charge is 0.479 e. The third-order valence-electron chi connectivity index (χ3n) is 0.805. The molecule has 0 heterocycles. The Bertz CT molecular complexity index is 143. The Labute approximate surface area is 111 Å². The van der Waals surface area contributed by atoms with Crippen molar-refractivity contribution in [2.45, 2.75) is 12.2 Å². The summed E-state index contributed by atoms with van der Waals surface area (Å²) in [5, 5.41) is 32.5. The first-order chi connectivity index (χ1) is 4.46. The molecule has 0 saturated carbocycles. The van der Waals surface area contributed by atoms with Crippen LogP contribution >= 0.6 is 24.0 Å². The first-order valence-electron chi connectivity index (χ1n) is 2.28. The molecule has 0 bridgehead atoms. The lowest BCUT2D eigenvalue weighted by Gasteiger charge is -2.07. The lowest BCUT2D eigenvalue weighted by Crippen LogP contribution is -2.39. The van der Waals surface area contributed by atoms with Gasteiger partial charge in [0.25, 0.3) is 0 Å². The molecule has 0 amide bonds. The third-order valence-corrected chi connectivity index (χ3v) is 0.805. The summed E-state index contributed by atoms with van der Waals surface area (Å²) in [5.74, 6) is -3.54. The summed E-state index contributed by atoms with van der Waals surface area (Å²) in [4.78, 5) is 19.5. The molecule has 0 radical (unpaired) electrons. The Morgan fingerprint density at radius 3 is 0.824 bits per heavy atom. The van der Waals surface area contributed by atoms with Crippen molar-refractivity contribution in [1.29, 1.82) is 0 Å².